The van der Waals surface area contributed by atoms with Crippen molar-refractivity contribution in [3.05, 3.63) is 30.1 Å². The number of rotatable bonds is 3. The van der Waals surface area contributed by atoms with E-state index in [1.165, 1.54) is 37.8 Å². The zero-order valence-corrected chi connectivity index (χ0v) is 12.2. The van der Waals surface area contributed by atoms with Gasteiger partial charge in [0.25, 0.3) is 0 Å². The molecule has 0 atom stereocenters. The van der Waals surface area contributed by atoms with Gasteiger partial charge in [-0.1, -0.05) is 12.8 Å². The van der Waals surface area contributed by atoms with E-state index in [1.54, 1.807) is 12.1 Å². The van der Waals surface area contributed by atoms with Crippen LogP contribution < -0.4 is 5.32 Å². The second-order valence-electron chi connectivity index (χ2n) is 6.73. The number of hydrogen-bond donors (Lipinski definition) is 2. The largest absolute Gasteiger partial charge is 0.480 e. The Morgan fingerprint density at radius 3 is 2.10 bits per heavy atom. The van der Waals surface area contributed by atoms with Gasteiger partial charge in [0.2, 0.25) is 0 Å². The highest BCUT2D eigenvalue weighted by Gasteiger charge is 2.48. The van der Waals surface area contributed by atoms with Gasteiger partial charge in [0.05, 0.1) is 0 Å². The molecule has 1 spiro atoms. The molecule has 0 saturated heterocycles. The van der Waals surface area contributed by atoms with Gasteiger partial charge in [-0.25, -0.2) is 9.18 Å². The van der Waals surface area contributed by atoms with Crippen molar-refractivity contribution in [2.45, 2.75) is 56.9 Å². The molecule has 1 aromatic rings. The lowest BCUT2D eigenvalue weighted by atomic mass is 9.66. The Morgan fingerprint density at radius 2 is 1.57 bits per heavy atom. The molecule has 0 amide bonds. The molecule has 2 N–H and O–H groups in total. The molecule has 2 fully saturated rings. The van der Waals surface area contributed by atoms with Crippen LogP contribution in [-0.2, 0) is 4.79 Å². The van der Waals surface area contributed by atoms with Crippen LogP contribution in [0.5, 0.6) is 0 Å². The van der Waals surface area contributed by atoms with E-state index in [1.807, 2.05) is 0 Å². The smallest absolute Gasteiger partial charge is 0.329 e. The van der Waals surface area contributed by atoms with Crippen molar-refractivity contribution in [1.29, 1.82) is 0 Å². The number of hydrogen-bond acceptors (Lipinski definition) is 2. The number of nitrogens with one attached hydrogen (secondary N) is 1. The average Bonchev–Trinajstić information content (AvgIpc) is 2.93. The number of aliphatic carboxylic acids is 1. The molecule has 21 heavy (non-hydrogen) atoms. The normalized spacial score (nSPS) is 23.1. The fraction of sp³-hybridized carbons (Fsp3) is 0.588. The molecule has 2 saturated carbocycles. The molecule has 3 rings (SSSR count). The Labute approximate surface area is 124 Å². The molecule has 4 heteroatoms. The van der Waals surface area contributed by atoms with E-state index in [0.717, 1.165) is 12.8 Å². The molecule has 0 heterocycles. The highest BCUT2D eigenvalue weighted by Crippen LogP contribution is 2.51. The molecule has 114 valence electrons. The van der Waals surface area contributed by atoms with E-state index in [9.17, 15) is 14.3 Å². The van der Waals surface area contributed by atoms with Crippen LogP contribution in [-0.4, -0.2) is 16.6 Å². The van der Waals surface area contributed by atoms with Gasteiger partial charge in [0.1, 0.15) is 11.4 Å². The highest BCUT2D eigenvalue weighted by atomic mass is 19.1. The van der Waals surface area contributed by atoms with Crippen LogP contribution >= 0.6 is 0 Å². The summed E-state index contributed by atoms with van der Waals surface area (Å²) in [4.78, 5) is 11.8. The van der Waals surface area contributed by atoms with E-state index < -0.39 is 11.5 Å². The predicted molar refractivity (Wildman–Crippen MR) is 79.8 cm³/mol. The topological polar surface area (TPSA) is 49.3 Å². The summed E-state index contributed by atoms with van der Waals surface area (Å²) in [5.41, 5.74) is 0.177. The molecule has 2 aliphatic rings. The summed E-state index contributed by atoms with van der Waals surface area (Å²) in [5, 5.41) is 12.9. The fourth-order valence-electron chi connectivity index (χ4n) is 4.03. The SMILES string of the molecule is O=C(O)C1(Nc2ccc(F)cc2)CCC2(CCCC2)CC1. The maximum absolute atomic E-state index is 13.0. The lowest BCUT2D eigenvalue weighted by Gasteiger charge is -2.43. The van der Waals surface area contributed by atoms with Gasteiger partial charge < -0.3 is 10.4 Å². The van der Waals surface area contributed by atoms with Crippen molar-refractivity contribution < 1.29 is 14.3 Å². The van der Waals surface area contributed by atoms with Gasteiger partial charge in [-0.15, -0.1) is 0 Å². The van der Waals surface area contributed by atoms with E-state index in [4.69, 9.17) is 0 Å². The maximum Gasteiger partial charge on any atom is 0.329 e. The molecule has 2 aliphatic carbocycles. The summed E-state index contributed by atoms with van der Waals surface area (Å²) in [6.45, 7) is 0. The summed E-state index contributed by atoms with van der Waals surface area (Å²) in [7, 11) is 0. The number of carboxylic acids is 1. The van der Waals surface area contributed by atoms with Gasteiger partial charge in [0.15, 0.2) is 0 Å². The third-order valence-electron chi connectivity index (χ3n) is 5.47. The van der Waals surface area contributed by atoms with Gasteiger partial charge in [-0.2, -0.15) is 0 Å². The highest BCUT2D eigenvalue weighted by molar-refractivity contribution is 5.83. The van der Waals surface area contributed by atoms with Crippen LogP contribution in [0.25, 0.3) is 0 Å². The van der Waals surface area contributed by atoms with Crippen molar-refractivity contribution in [2.24, 2.45) is 5.41 Å². The first-order chi connectivity index (χ1) is 10.0. The zero-order valence-electron chi connectivity index (χ0n) is 12.2. The minimum atomic E-state index is -0.897. The van der Waals surface area contributed by atoms with Crippen LogP contribution in [0.15, 0.2) is 24.3 Å². The molecule has 3 nitrogen and oxygen atoms in total. The van der Waals surface area contributed by atoms with Crippen molar-refractivity contribution in [3.8, 4) is 0 Å². The van der Waals surface area contributed by atoms with E-state index >= 15 is 0 Å². The second-order valence-corrected chi connectivity index (χ2v) is 6.73. The molecular formula is C17H22FNO2. The van der Waals surface area contributed by atoms with Gasteiger partial charge in [0, 0.05) is 5.69 Å². The molecule has 0 radical (unpaired) electrons. The Kier molecular flexibility index (Phi) is 3.64. The number of benzene rings is 1. The zero-order chi connectivity index (χ0) is 14.9. The fourth-order valence-corrected chi connectivity index (χ4v) is 4.03. The Hall–Kier alpha value is -1.58. The van der Waals surface area contributed by atoms with E-state index in [-0.39, 0.29) is 5.82 Å². The van der Waals surface area contributed by atoms with Gasteiger partial charge in [-0.05, 0) is 68.2 Å². The second kappa shape index (κ2) is 5.32. The quantitative estimate of drug-likeness (QED) is 0.877. The molecule has 1 aromatic carbocycles. The summed E-state index contributed by atoms with van der Waals surface area (Å²) in [6, 6.07) is 5.94. The Bertz CT molecular complexity index is 510. The van der Waals surface area contributed by atoms with Crippen molar-refractivity contribution in [1.82, 2.24) is 0 Å². The first kappa shape index (κ1) is 14.4. The van der Waals surface area contributed by atoms with Crippen LogP contribution in [0.4, 0.5) is 10.1 Å². The lowest BCUT2D eigenvalue weighted by Crippen LogP contribution is -2.50. The number of anilines is 1. The number of carbonyl (C=O) groups is 1. The summed E-state index contributed by atoms with van der Waals surface area (Å²) < 4.78 is 13.0. The van der Waals surface area contributed by atoms with Crippen LogP contribution in [0.1, 0.15) is 51.4 Å². The monoisotopic (exact) mass is 291 g/mol. The predicted octanol–water partition coefficient (Wildman–Crippen LogP) is 4.20. The average molecular weight is 291 g/mol. The molecule has 0 aliphatic heterocycles. The van der Waals surface area contributed by atoms with Crippen molar-refractivity contribution >= 4 is 11.7 Å². The van der Waals surface area contributed by atoms with Crippen LogP contribution in [0, 0.1) is 11.2 Å². The maximum atomic E-state index is 13.0. The molecule has 0 aromatic heterocycles. The van der Waals surface area contributed by atoms with Gasteiger partial charge >= 0.3 is 5.97 Å². The van der Waals surface area contributed by atoms with E-state index in [0.29, 0.717) is 23.9 Å². The van der Waals surface area contributed by atoms with Crippen molar-refractivity contribution in [3.63, 3.8) is 0 Å². The Balaban J connectivity index is 1.75. The minimum Gasteiger partial charge on any atom is -0.480 e. The molecule has 0 bridgehead atoms. The van der Waals surface area contributed by atoms with E-state index in [2.05, 4.69) is 5.32 Å². The molecular weight excluding hydrogens is 269 g/mol. The number of halogens is 1. The summed E-state index contributed by atoms with van der Waals surface area (Å²) >= 11 is 0. The number of carboxylic acid groups (broad SMARTS) is 1. The summed E-state index contributed by atoms with van der Waals surface area (Å²) in [6.07, 6.45) is 8.33. The standard InChI is InChI=1S/C17H22FNO2/c18-13-3-5-14(6-4-13)19-17(15(20)21)11-9-16(10-12-17)7-1-2-8-16/h3-6,19H,1-2,7-12H2,(H,20,21). The lowest BCUT2D eigenvalue weighted by molar-refractivity contribution is -0.144. The first-order valence-corrected chi connectivity index (χ1v) is 7.81. The first-order valence-electron chi connectivity index (χ1n) is 7.81. The van der Waals surface area contributed by atoms with Gasteiger partial charge in [-0.3, -0.25) is 0 Å². The van der Waals surface area contributed by atoms with Crippen LogP contribution in [0.2, 0.25) is 0 Å². The third kappa shape index (κ3) is 2.76. The summed E-state index contributed by atoms with van der Waals surface area (Å²) in [5.74, 6) is -1.10. The Morgan fingerprint density at radius 1 is 1.00 bits per heavy atom. The third-order valence-corrected chi connectivity index (χ3v) is 5.47. The van der Waals surface area contributed by atoms with Crippen molar-refractivity contribution in [2.75, 3.05) is 5.32 Å². The van der Waals surface area contributed by atoms with Crippen LogP contribution in [0.3, 0.4) is 0 Å². The minimum absolute atomic E-state index is 0.307. The molecule has 0 unspecified atom stereocenters.